The number of carboxylic acids is 1. The predicted molar refractivity (Wildman–Crippen MR) is 53.0 cm³/mol. The van der Waals surface area contributed by atoms with Crippen LogP contribution in [0.5, 0.6) is 5.75 Å². The first-order chi connectivity index (χ1) is 7.17. The van der Waals surface area contributed by atoms with Crippen molar-refractivity contribution in [1.82, 2.24) is 0 Å². The summed E-state index contributed by atoms with van der Waals surface area (Å²) in [5, 5.41) is 10.5. The summed E-state index contributed by atoms with van der Waals surface area (Å²) in [4.78, 5) is 10.5. The largest absolute Gasteiger partial charge is 1.00 e. The fourth-order valence-corrected chi connectivity index (χ4v) is 1.05. The molecule has 0 aliphatic carbocycles. The second-order valence-corrected chi connectivity index (χ2v) is 2.77. The molecular formula is C11H11NaO4. The molecule has 0 unspecified atom stereocenters. The Labute approximate surface area is 116 Å². The van der Waals surface area contributed by atoms with Crippen molar-refractivity contribution in [1.29, 1.82) is 0 Å². The van der Waals surface area contributed by atoms with Crippen LogP contribution < -0.4 is 39.4 Å². The second kappa shape index (κ2) is 7.33. The van der Waals surface area contributed by atoms with Gasteiger partial charge in [0.1, 0.15) is 17.5 Å². The molecule has 0 atom stereocenters. The van der Waals surface area contributed by atoms with E-state index in [2.05, 4.69) is 4.74 Å². The zero-order chi connectivity index (χ0) is 11.3. The zero-order valence-electron chi connectivity index (χ0n) is 9.52. The van der Waals surface area contributed by atoms with Crippen LogP contribution in [-0.4, -0.2) is 20.2 Å². The molecule has 0 amide bonds. The first-order valence-electron chi connectivity index (χ1n) is 4.28. The maximum Gasteiger partial charge on any atom is 1.00 e. The first-order valence-corrected chi connectivity index (χ1v) is 4.28. The van der Waals surface area contributed by atoms with Gasteiger partial charge in [-0.15, -0.1) is 0 Å². The van der Waals surface area contributed by atoms with Gasteiger partial charge in [0.2, 0.25) is 0 Å². The number of carbonyl (C=O) groups excluding carboxylic acids is 1. The zero-order valence-corrected chi connectivity index (χ0v) is 11.5. The summed E-state index contributed by atoms with van der Waals surface area (Å²) >= 11 is 0. The average molecular weight is 230 g/mol. The minimum Gasteiger partial charge on any atom is -0.542 e. The number of aliphatic carboxylic acids is 1. The van der Waals surface area contributed by atoms with Gasteiger partial charge in [0.05, 0.1) is 14.2 Å². The van der Waals surface area contributed by atoms with E-state index in [9.17, 15) is 9.90 Å². The molecule has 0 aliphatic rings. The Morgan fingerprint density at radius 1 is 1.25 bits per heavy atom. The molecule has 0 spiro atoms. The number of hydrogen-bond acceptors (Lipinski definition) is 4. The van der Waals surface area contributed by atoms with Gasteiger partial charge in [-0.05, 0) is 23.8 Å². The summed E-state index contributed by atoms with van der Waals surface area (Å²) in [6.45, 7) is 0. The van der Waals surface area contributed by atoms with E-state index < -0.39 is 5.97 Å². The first kappa shape index (κ1) is 15.0. The van der Waals surface area contributed by atoms with E-state index in [1.165, 1.54) is 13.2 Å². The van der Waals surface area contributed by atoms with Crippen molar-refractivity contribution in [2.24, 2.45) is 0 Å². The molecule has 0 fully saturated rings. The van der Waals surface area contributed by atoms with Crippen LogP contribution in [0.3, 0.4) is 0 Å². The quantitative estimate of drug-likeness (QED) is 0.324. The molecule has 16 heavy (non-hydrogen) atoms. The standard InChI is InChI=1S/C11H12O4.Na/c1-14-9-5-3-8(4-6-9)7-10(15-2)11(12)13;/h3-7H,1-2H3,(H,12,13);/q;+1/p-1. The summed E-state index contributed by atoms with van der Waals surface area (Å²) < 4.78 is 9.61. The third-order valence-electron chi connectivity index (χ3n) is 1.83. The van der Waals surface area contributed by atoms with Crippen LogP contribution in [0.15, 0.2) is 30.0 Å². The van der Waals surface area contributed by atoms with Crippen molar-refractivity contribution >= 4 is 12.0 Å². The van der Waals surface area contributed by atoms with Gasteiger partial charge in [0.15, 0.2) is 0 Å². The number of benzene rings is 1. The predicted octanol–water partition coefficient (Wildman–Crippen LogP) is -2.56. The summed E-state index contributed by atoms with van der Waals surface area (Å²) in [6.07, 6.45) is 1.38. The molecule has 4 nitrogen and oxygen atoms in total. The maximum absolute atomic E-state index is 10.5. The smallest absolute Gasteiger partial charge is 0.542 e. The number of carboxylic acid groups (broad SMARTS) is 1. The fourth-order valence-electron chi connectivity index (χ4n) is 1.05. The van der Waals surface area contributed by atoms with Gasteiger partial charge in [0, 0.05) is 0 Å². The van der Waals surface area contributed by atoms with E-state index in [1.807, 2.05) is 0 Å². The monoisotopic (exact) mass is 230 g/mol. The molecule has 0 N–H and O–H groups in total. The molecule has 1 aromatic rings. The van der Waals surface area contributed by atoms with Crippen LogP contribution in [0.4, 0.5) is 0 Å². The Bertz CT molecular complexity index is 370. The molecule has 0 aliphatic heterocycles. The molecule has 1 rings (SSSR count). The minimum absolute atomic E-state index is 0. The molecule has 1 aromatic carbocycles. The molecule has 0 bridgehead atoms. The Morgan fingerprint density at radius 3 is 2.19 bits per heavy atom. The van der Waals surface area contributed by atoms with Gasteiger partial charge in [0.25, 0.3) is 0 Å². The van der Waals surface area contributed by atoms with E-state index in [4.69, 9.17) is 4.74 Å². The van der Waals surface area contributed by atoms with Crippen LogP contribution >= 0.6 is 0 Å². The summed E-state index contributed by atoms with van der Waals surface area (Å²) in [5.41, 5.74) is 0.705. The topological polar surface area (TPSA) is 58.6 Å². The third-order valence-corrected chi connectivity index (χ3v) is 1.83. The summed E-state index contributed by atoms with van der Waals surface area (Å²) in [7, 11) is 2.84. The molecule has 0 heterocycles. The number of rotatable bonds is 4. The van der Waals surface area contributed by atoms with Crippen LogP contribution in [0.2, 0.25) is 0 Å². The van der Waals surface area contributed by atoms with Crippen molar-refractivity contribution in [3.05, 3.63) is 35.6 Å². The van der Waals surface area contributed by atoms with Crippen molar-refractivity contribution < 1.29 is 48.9 Å². The second-order valence-electron chi connectivity index (χ2n) is 2.77. The van der Waals surface area contributed by atoms with Gasteiger partial charge < -0.3 is 19.4 Å². The van der Waals surface area contributed by atoms with E-state index in [0.717, 1.165) is 0 Å². The van der Waals surface area contributed by atoms with Gasteiger partial charge >= 0.3 is 29.6 Å². The number of hydrogen-bond donors (Lipinski definition) is 0. The normalized spacial score (nSPS) is 10.2. The molecule has 0 radical (unpaired) electrons. The van der Waals surface area contributed by atoms with Crippen molar-refractivity contribution in [2.75, 3.05) is 14.2 Å². The van der Waals surface area contributed by atoms with Crippen LogP contribution in [0.25, 0.3) is 6.08 Å². The Kier molecular flexibility index (Phi) is 6.88. The molecule has 0 saturated carbocycles. The van der Waals surface area contributed by atoms with Crippen LogP contribution in [0, 0.1) is 0 Å². The van der Waals surface area contributed by atoms with Crippen LogP contribution in [-0.2, 0) is 9.53 Å². The number of methoxy groups -OCH3 is 2. The molecule has 80 valence electrons. The van der Waals surface area contributed by atoms with E-state index in [-0.39, 0.29) is 35.3 Å². The summed E-state index contributed by atoms with van der Waals surface area (Å²) in [5.74, 6) is -0.840. The van der Waals surface area contributed by atoms with Gasteiger partial charge in [-0.25, -0.2) is 0 Å². The maximum atomic E-state index is 10.5. The molecular weight excluding hydrogens is 219 g/mol. The van der Waals surface area contributed by atoms with E-state index >= 15 is 0 Å². The third kappa shape index (κ3) is 4.26. The fraction of sp³-hybridized carbons (Fsp3) is 0.182. The average Bonchev–Trinajstić information content (AvgIpc) is 2.26. The van der Waals surface area contributed by atoms with Crippen molar-refractivity contribution in [3.63, 3.8) is 0 Å². The Hall–Kier alpha value is -0.970. The van der Waals surface area contributed by atoms with Crippen LogP contribution in [0.1, 0.15) is 5.56 Å². The van der Waals surface area contributed by atoms with Gasteiger partial charge in [-0.3, -0.25) is 0 Å². The van der Waals surface area contributed by atoms with Gasteiger partial charge in [-0.2, -0.15) is 0 Å². The molecule has 5 heteroatoms. The number of carbonyl (C=O) groups is 1. The summed E-state index contributed by atoms with van der Waals surface area (Å²) in [6, 6.07) is 6.91. The van der Waals surface area contributed by atoms with E-state index in [1.54, 1.807) is 31.4 Å². The van der Waals surface area contributed by atoms with Crippen molar-refractivity contribution in [3.8, 4) is 5.75 Å². The van der Waals surface area contributed by atoms with Crippen molar-refractivity contribution in [2.45, 2.75) is 0 Å². The number of ether oxygens (including phenoxy) is 2. The van der Waals surface area contributed by atoms with E-state index in [0.29, 0.717) is 11.3 Å². The Morgan fingerprint density at radius 2 is 1.81 bits per heavy atom. The SMILES string of the molecule is COC(=Cc1ccc(OC)cc1)C(=O)[O-].[Na+]. The minimum atomic E-state index is -1.34. The molecule has 0 saturated heterocycles. The van der Waals surface area contributed by atoms with Gasteiger partial charge in [-0.1, -0.05) is 12.1 Å². The Balaban J connectivity index is 0.00000225. The molecule has 0 aromatic heterocycles.